The number of carbonyl (C=O) groups is 2. The molecule has 166 valence electrons. The van der Waals surface area contributed by atoms with Crippen molar-refractivity contribution in [1.82, 2.24) is 4.90 Å². The largest absolute Gasteiger partial charge is 0.490 e. The molecule has 1 fully saturated rings. The summed E-state index contributed by atoms with van der Waals surface area (Å²) in [6, 6.07) is 14.4. The Morgan fingerprint density at radius 3 is 2.42 bits per heavy atom. The smallest absolute Gasteiger partial charge is 0.221 e. The number of Topliss-reactive ketones (excluding diaryl/α,β-unsaturated/α-hetero) is 1. The van der Waals surface area contributed by atoms with Crippen LogP contribution in [0.4, 0.5) is 5.69 Å². The number of aliphatic hydroxyl groups is 1. The monoisotopic (exact) mass is 426 g/mol. The van der Waals surface area contributed by atoms with E-state index >= 15 is 0 Å². The highest BCUT2D eigenvalue weighted by Crippen LogP contribution is 2.22. The van der Waals surface area contributed by atoms with Gasteiger partial charge in [0.15, 0.2) is 5.78 Å². The minimum atomic E-state index is -0.640. The molecule has 0 spiro atoms. The molecule has 3 rings (SSSR count). The number of para-hydroxylation sites is 1. The highest BCUT2D eigenvalue weighted by atomic mass is 16.5. The Morgan fingerprint density at radius 2 is 1.77 bits per heavy atom. The Kier molecular flexibility index (Phi) is 8.03. The molecule has 1 aliphatic rings. The number of hydrogen-bond donors (Lipinski definition) is 2. The number of ketones is 1. The van der Waals surface area contributed by atoms with Crippen molar-refractivity contribution < 1.29 is 24.2 Å². The van der Waals surface area contributed by atoms with E-state index in [1.54, 1.807) is 18.2 Å². The molecule has 0 bridgehead atoms. The van der Waals surface area contributed by atoms with Gasteiger partial charge >= 0.3 is 0 Å². The van der Waals surface area contributed by atoms with Crippen LogP contribution >= 0.6 is 0 Å². The van der Waals surface area contributed by atoms with Gasteiger partial charge in [-0.05, 0) is 56.2 Å². The van der Waals surface area contributed by atoms with Crippen LogP contribution in [-0.4, -0.2) is 60.1 Å². The predicted octanol–water partition coefficient (Wildman–Crippen LogP) is 3.13. The number of rotatable bonds is 9. The molecule has 1 atom stereocenters. The first kappa shape index (κ1) is 22.8. The third-order valence-electron chi connectivity index (χ3n) is 5.18. The average molecular weight is 427 g/mol. The number of amides is 1. The van der Waals surface area contributed by atoms with Gasteiger partial charge in [-0.3, -0.25) is 9.59 Å². The van der Waals surface area contributed by atoms with E-state index in [0.29, 0.717) is 17.9 Å². The fraction of sp³-hybridized carbons (Fsp3) is 0.417. The minimum Gasteiger partial charge on any atom is -0.490 e. The summed E-state index contributed by atoms with van der Waals surface area (Å²) in [4.78, 5) is 25.0. The number of benzene rings is 2. The van der Waals surface area contributed by atoms with Crippen molar-refractivity contribution in [2.75, 3.05) is 31.6 Å². The van der Waals surface area contributed by atoms with E-state index < -0.39 is 6.10 Å². The molecule has 7 nitrogen and oxygen atoms in total. The predicted molar refractivity (Wildman–Crippen MR) is 119 cm³/mol. The van der Waals surface area contributed by atoms with Gasteiger partial charge in [-0.15, -0.1) is 0 Å². The number of aliphatic hydroxyl groups excluding tert-OH is 1. The Bertz CT molecular complexity index is 876. The molecule has 0 radical (unpaired) electrons. The SMILES string of the molecule is CC(=O)Nc1ccc(OC2CCN(CC(O)COc3ccccc3C(C)=O)CC2)cc1. The molecule has 2 aromatic carbocycles. The van der Waals surface area contributed by atoms with Crippen molar-refractivity contribution in [2.24, 2.45) is 0 Å². The van der Waals surface area contributed by atoms with Gasteiger partial charge in [0, 0.05) is 32.2 Å². The van der Waals surface area contributed by atoms with Gasteiger partial charge in [-0.25, -0.2) is 0 Å². The van der Waals surface area contributed by atoms with Crippen LogP contribution in [0.1, 0.15) is 37.0 Å². The standard InChI is InChI=1S/C24H30N2O5/c1-17(27)23-5-3-4-6-24(23)30-16-20(29)15-26-13-11-22(12-14-26)31-21-9-7-19(8-10-21)25-18(2)28/h3-10,20,22,29H,11-16H2,1-2H3,(H,25,28). The maximum atomic E-state index is 11.7. The number of likely N-dealkylation sites (tertiary alicyclic amines) is 1. The Balaban J connectivity index is 1.40. The summed E-state index contributed by atoms with van der Waals surface area (Å²) in [5.41, 5.74) is 1.27. The Morgan fingerprint density at radius 1 is 1.10 bits per heavy atom. The van der Waals surface area contributed by atoms with Crippen molar-refractivity contribution in [1.29, 1.82) is 0 Å². The normalized spacial score (nSPS) is 15.8. The van der Waals surface area contributed by atoms with Crippen molar-refractivity contribution in [3.05, 3.63) is 54.1 Å². The third kappa shape index (κ3) is 7.08. The Labute approximate surface area is 183 Å². The molecule has 2 N–H and O–H groups in total. The number of hydrogen-bond acceptors (Lipinski definition) is 6. The van der Waals surface area contributed by atoms with Crippen LogP contribution < -0.4 is 14.8 Å². The molecule has 31 heavy (non-hydrogen) atoms. The van der Waals surface area contributed by atoms with E-state index in [1.807, 2.05) is 30.3 Å². The van der Waals surface area contributed by atoms with Crippen LogP contribution in [0.3, 0.4) is 0 Å². The summed E-state index contributed by atoms with van der Waals surface area (Å²) >= 11 is 0. The van der Waals surface area contributed by atoms with Crippen molar-refractivity contribution in [3.63, 3.8) is 0 Å². The van der Waals surface area contributed by atoms with Crippen LogP contribution in [0.5, 0.6) is 11.5 Å². The first-order chi connectivity index (χ1) is 14.9. The molecule has 0 aliphatic carbocycles. The summed E-state index contributed by atoms with van der Waals surface area (Å²) in [7, 11) is 0. The maximum absolute atomic E-state index is 11.7. The fourth-order valence-electron chi connectivity index (χ4n) is 3.64. The van der Waals surface area contributed by atoms with Gasteiger partial charge in [0.1, 0.15) is 30.3 Å². The summed E-state index contributed by atoms with van der Waals surface area (Å²) in [6.07, 6.45) is 1.22. The van der Waals surface area contributed by atoms with Gasteiger partial charge < -0.3 is 24.8 Å². The van der Waals surface area contributed by atoms with Crippen LogP contribution in [0.15, 0.2) is 48.5 Å². The van der Waals surface area contributed by atoms with E-state index in [1.165, 1.54) is 13.8 Å². The minimum absolute atomic E-state index is 0.0584. The van der Waals surface area contributed by atoms with E-state index in [9.17, 15) is 14.7 Å². The molecule has 0 aromatic heterocycles. The number of piperidine rings is 1. The number of ether oxygens (including phenoxy) is 2. The number of carbonyl (C=O) groups excluding carboxylic acids is 2. The zero-order valence-electron chi connectivity index (χ0n) is 18.0. The zero-order chi connectivity index (χ0) is 22.2. The van der Waals surface area contributed by atoms with E-state index in [4.69, 9.17) is 9.47 Å². The lowest BCUT2D eigenvalue weighted by Crippen LogP contribution is -2.43. The topological polar surface area (TPSA) is 88.1 Å². The van der Waals surface area contributed by atoms with E-state index in [2.05, 4.69) is 10.2 Å². The molecule has 2 aromatic rings. The van der Waals surface area contributed by atoms with Gasteiger partial charge in [-0.2, -0.15) is 0 Å². The molecular weight excluding hydrogens is 396 g/mol. The molecule has 7 heteroatoms. The molecule has 1 aliphatic heterocycles. The number of β-amino-alcohol motifs (C(OH)–C–C–N with tert-alkyl or cyclic N) is 1. The van der Waals surface area contributed by atoms with Gasteiger partial charge in [0.25, 0.3) is 0 Å². The third-order valence-corrected chi connectivity index (χ3v) is 5.18. The van der Waals surface area contributed by atoms with Crippen molar-refractivity contribution >= 4 is 17.4 Å². The highest BCUT2D eigenvalue weighted by Gasteiger charge is 2.22. The van der Waals surface area contributed by atoms with Gasteiger partial charge in [0.2, 0.25) is 5.91 Å². The molecule has 1 amide bonds. The quantitative estimate of drug-likeness (QED) is 0.599. The van der Waals surface area contributed by atoms with Gasteiger partial charge in [0.05, 0.1) is 5.56 Å². The lowest BCUT2D eigenvalue weighted by molar-refractivity contribution is -0.114. The summed E-state index contributed by atoms with van der Waals surface area (Å²) in [5, 5.41) is 13.1. The number of nitrogens with zero attached hydrogens (tertiary/aromatic N) is 1. The number of anilines is 1. The lowest BCUT2D eigenvalue weighted by atomic mass is 10.1. The van der Waals surface area contributed by atoms with E-state index in [-0.39, 0.29) is 24.4 Å². The maximum Gasteiger partial charge on any atom is 0.221 e. The summed E-state index contributed by atoms with van der Waals surface area (Å²) < 4.78 is 11.7. The zero-order valence-corrected chi connectivity index (χ0v) is 18.0. The summed E-state index contributed by atoms with van der Waals surface area (Å²) in [6.45, 7) is 5.29. The molecule has 0 saturated carbocycles. The second kappa shape index (κ2) is 10.9. The fourth-order valence-corrected chi connectivity index (χ4v) is 3.64. The first-order valence-electron chi connectivity index (χ1n) is 10.6. The van der Waals surface area contributed by atoms with Crippen LogP contribution in [0, 0.1) is 0 Å². The van der Waals surface area contributed by atoms with Crippen molar-refractivity contribution in [3.8, 4) is 11.5 Å². The second-order valence-electron chi connectivity index (χ2n) is 7.84. The molecule has 1 saturated heterocycles. The molecule has 1 unspecified atom stereocenters. The first-order valence-corrected chi connectivity index (χ1v) is 10.6. The second-order valence-corrected chi connectivity index (χ2v) is 7.84. The van der Waals surface area contributed by atoms with Crippen LogP contribution in [0.25, 0.3) is 0 Å². The van der Waals surface area contributed by atoms with Crippen LogP contribution in [0.2, 0.25) is 0 Å². The molecule has 1 heterocycles. The lowest BCUT2D eigenvalue weighted by Gasteiger charge is -2.33. The van der Waals surface area contributed by atoms with Gasteiger partial charge in [-0.1, -0.05) is 12.1 Å². The average Bonchev–Trinajstić information content (AvgIpc) is 2.75. The van der Waals surface area contributed by atoms with E-state index in [0.717, 1.165) is 37.4 Å². The molecular formula is C24H30N2O5. The van der Waals surface area contributed by atoms with Crippen LogP contribution in [-0.2, 0) is 4.79 Å². The highest BCUT2D eigenvalue weighted by molar-refractivity contribution is 5.96. The Hall–Kier alpha value is -2.90. The summed E-state index contributed by atoms with van der Waals surface area (Å²) in [5.74, 6) is 1.13. The van der Waals surface area contributed by atoms with Crippen molar-refractivity contribution in [2.45, 2.75) is 38.9 Å². The number of nitrogens with one attached hydrogen (secondary N) is 1.